The normalized spacial score (nSPS) is 12.2. The zero-order valence-corrected chi connectivity index (χ0v) is 45.6. The monoisotopic (exact) mass is 1010 g/mol. The zero-order valence-electron chi connectivity index (χ0n) is 42.0. The van der Waals surface area contributed by atoms with Gasteiger partial charge in [0, 0.05) is 29.8 Å². The number of hydrogen-bond donors (Lipinski definition) is 4. The Morgan fingerprint density at radius 3 is 1.45 bits per heavy atom. The summed E-state index contributed by atoms with van der Waals surface area (Å²) in [4.78, 5) is 23.3. The molecule has 0 radical (unpaired) electrons. The Hall–Kier alpha value is -3.90. The molecule has 4 aromatic carbocycles. The average Bonchev–Trinajstić information content (AvgIpc) is 3.18. The van der Waals surface area contributed by atoms with E-state index in [1.54, 1.807) is 90.1 Å². The maximum absolute atomic E-state index is 15.2. The third-order valence-electron chi connectivity index (χ3n) is 11.1. The topological polar surface area (TPSA) is 136 Å². The van der Waals surface area contributed by atoms with Crippen LogP contribution >= 0.6 is 15.9 Å². The van der Waals surface area contributed by atoms with Gasteiger partial charge in [-0.3, -0.25) is 0 Å². The van der Waals surface area contributed by atoms with Crippen LogP contribution in [0.2, 0.25) is 36.3 Å². The van der Waals surface area contributed by atoms with Crippen LogP contribution in [0.1, 0.15) is 105 Å². The number of carbonyl (C=O) groups is 2. The van der Waals surface area contributed by atoms with Gasteiger partial charge in [0.15, 0.2) is 16.6 Å². The van der Waals surface area contributed by atoms with Gasteiger partial charge in [-0.25, -0.2) is 18.4 Å². The standard InChI is InChI=1S/C25H36FNO3Si.C13H23BO3Si.C12H15BrFNO2/c1-24(2,3)30-23(28)27-16-20-13-10-14-21(22(20)26)19-12-9-11-18(15-19)17-29-31(7,8)25(4,5)6;1-13(2,3)18(4,5)17-10-11-7-6-8-12(9-11)14(15)16;1-12(2,3)17-11(16)15-7-8-5-4-6-9(13)10(8)14/h9-15H,16-17H2,1-8H3,(H,27,28);6-9,15-16H,10H2,1-5H3;4-6H,7H2,1-3H3,(H,15,16). The van der Waals surface area contributed by atoms with Crippen molar-refractivity contribution < 1.29 is 46.7 Å². The Morgan fingerprint density at radius 1 is 0.606 bits per heavy atom. The van der Waals surface area contributed by atoms with Crippen molar-refractivity contribution in [3.63, 3.8) is 0 Å². The minimum atomic E-state index is -1.87. The molecule has 66 heavy (non-hydrogen) atoms. The lowest BCUT2D eigenvalue weighted by molar-refractivity contribution is 0.0511. The first-order valence-electron chi connectivity index (χ1n) is 22.1. The summed E-state index contributed by atoms with van der Waals surface area (Å²) < 4.78 is 51.8. The largest absolute Gasteiger partial charge is 0.488 e. The molecule has 4 aromatic rings. The van der Waals surface area contributed by atoms with Gasteiger partial charge in [0.1, 0.15) is 22.8 Å². The highest BCUT2D eigenvalue weighted by Gasteiger charge is 2.38. The maximum atomic E-state index is 15.2. The Balaban J connectivity index is 0.000000365. The van der Waals surface area contributed by atoms with Crippen LogP contribution in [0.5, 0.6) is 0 Å². The van der Waals surface area contributed by atoms with Crippen molar-refractivity contribution in [2.24, 2.45) is 0 Å². The number of benzene rings is 4. The summed E-state index contributed by atoms with van der Waals surface area (Å²) in [6, 6.07) is 25.1. The number of amides is 2. The van der Waals surface area contributed by atoms with Crippen molar-refractivity contribution in [2.45, 2.75) is 157 Å². The molecular formula is C50H74BBrF2N2O8Si2. The lowest BCUT2D eigenvalue weighted by atomic mass is 9.80. The summed E-state index contributed by atoms with van der Waals surface area (Å²) in [5, 5.41) is 23.7. The highest BCUT2D eigenvalue weighted by molar-refractivity contribution is 9.10. The van der Waals surface area contributed by atoms with E-state index in [2.05, 4.69) is 94.3 Å². The van der Waals surface area contributed by atoms with Gasteiger partial charge in [-0.2, -0.15) is 0 Å². The Labute approximate surface area is 404 Å². The fraction of sp³-hybridized carbons (Fsp3) is 0.480. The van der Waals surface area contributed by atoms with Crippen LogP contribution in [0.25, 0.3) is 11.1 Å². The number of carbonyl (C=O) groups excluding carboxylic acids is 2. The van der Waals surface area contributed by atoms with E-state index in [9.17, 15) is 14.0 Å². The van der Waals surface area contributed by atoms with Crippen molar-refractivity contribution >= 4 is 57.3 Å². The highest BCUT2D eigenvalue weighted by Crippen LogP contribution is 2.38. The van der Waals surface area contributed by atoms with Gasteiger partial charge in [0.2, 0.25) is 0 Å². The predicted molar refractivity (Wildman–Crippen MR) is 272 cm³/mol. The van der Waals surface area contributed by atoms with Crippen LogP contribution in [-0.4, -0.2) is 57.2 Å². The summed E-state index contributed by atoms with van der Waals surface area (Å²) >= 11 is 3.08. The van der Waals surface area contributed by atoms with Gasteiger partial charge in [-0.05, 0) is 128 Å². The minimum Gasteiger partial charge on any atom is -0.444 e. The second kappa shape index (κ2) is 24.4. The van der Waals surface area contributed by atoms with E-state index < -0.39 is 47.1 Å². The Bertz CT molecular complexity index is 2200. The molecule has 0 atom stereocenters. The van der Waals surface area contributed by atoms with Crippen LogP contribution in [0, 0.1) is 11.6 Å². The van der Waals surface area contributed by atoms with Crippen LogP contribution < -0.4 is 16.1 Å². The second-order valence-electron chi connectivity index (χ2n) is 21.1. The molecule has 0 aromatic heterocycles. The molecule has 0 saturated heterocycles. The SMILES string of the molecule is CC(C)(C)OC(=O)NCc1cccc(-c2cccc(CO[Si](C)(C)C(C)(C)C)c2)c1F.CC(C)(C)OC(=O)NCc1cccc(Br)c1F.CC(C)(C)[Si](C)(C)OCc1cccc(B(O)O)c1. The molecule has 0 aliphatic carbocycles. The lowest BCUT2D eigenvalue weighted by Gasteiger charge is -2.36. The molecule has 0 bridgehead atoms. The summed E-state index contributed by atoms with van der Waals surface area (Å²) in [7, 11) is -5.05. The molecule has 0 unspecified atom stereocenters. The highest BCUT2D eigenvalue weighted by atomic mass is 79.9. The van der Waals surface area contributed by atoms with Crippen molar-refractivity contribution in [3.05, 3.63) is 123 Å². The third-order valence-corrected chi connectivity index (χ3v) is 20.6. The molecule has 0 aliphatic rings. The van der Waals surface area contributed by atoms with Gasteiger partial charge < -0.3 is 39.0 Å². The van der Waals surface area contributed by atoms with E-state index in [0.29, 0.717) is 39.8 Å². The van der Waals surface area contributed by atoms with Crippen molar-refractivity contribution in [1.29, 1.82) is 0 Å². The van der Waals surface area contributed by atoms with Gasteiger partial charge >= 0.3 is 19.3 Å². The number of alkyl carbamates (subject to hydrolysis) is 2. The number of nitrogens with one attached hydrogen (secondary N) is 2. The number of rotatable bonds is 12. The smallest absolute Gasteiger partial charge is 0.444 e. The molecule has 0 heterocycles. The number of ether oxygens (including phenoxy) is 2. The molecule has 0 fully saturated rings. The van der Waals surface area contributed by atoms with E-state index >= 15 is 4.39 Å². The molecule has 2 amide bonds. The lowest BCUT2D eigenvalue weighted by Crippen LogP contribution is -2.40. The van der Waals surface area contributed by atoms with E-state index in [-0.39, 0.29) is 34.8 Å². The van der Waals surface area contributed by atoms with Gasteiger partial charge in [-0.15, -0.1) is 0 Å². The first kappa shape index (κ1) is 58.2. The summed E-state index contributed by atoms with van der Waals surface area (Å²) in [6.07, 6.45) is -1.13. The van der Waals surface area contributed by atoms with Crippen LogP contribution in [-0.2, 0) is 44.6 Å². The molecule has 0 aliphatic heterocycles. The summed E-state index contributed by atoms with van der Waals surface area (Å²) in [6.45, 7) is 33.9. The number of hydrogen-bond acceptors (Lipinski definition) is 8. The summed E-state index contributed by atoms with van der Waals surface area (Å²) in [5.41, 5.74) is 3.44. The van der Waals surface area contributed by atoms with Gasteiger partial charge in [0.05, 0.1) is 17.7 Å². The Morgan fingerprint density at radius 2 is 1.02 bits per heavy atom. The number of halogens is 3. The average molecular weight is 1020 g/mol. The minimum absolute atomic E-state index is 0.0583. The van der Waals surface area contributed by atoms with E-state index in [0.717, 1.165) is 16.7 Å². The van der Waals surface area contributed by atoms with E-state index in [1.807, 2.05) is 36.4 Å². The van der Waals surface area contributed by atoms with Crippen molar-refractivity contribution in [2.75, 3.05) is 0 Å². The molecular weight excluding hydrogens is 941 g/mol. The van der Waals surface area contributed by atoms with E-state index in [1.165, 1.54) is 0 Å². The quantitative estimate of drug-likeness (QED) is 0.103. The maximum Gasteiger partial charge on any atom is 0.488 e. The second-order valence-corrected chi connectivity index (χ2v) is 31.6. The van der Waals surface area contributed by atoms with Crippen LogP contribution in [0.3, 0.4) is 0 Å². The van der Waals surface area contributed by atoms with Crippen LogP contribution in [0.15, 0.2) is 89.4 Å². The first-order chi connectivity index (χ1) is 30.1. The molecule has 364 valence electrons. The zero-order chi connectivity index (χ0) is 50.5. The molecule has 16 heteroatoms. The van der Waals surface area contributed by atoms with Gasteiger partial charge in [0.25, 0.3) is 0 Å². The molecule has 4 rings (SSSR count). The molecule has 0 saturated carbocycles. The van der Waals surface area contributed by atoms with Crippen LogP contribution in [0.4, 0.5) is 18.4 Å². The predicted octanol–water partition coefficient (Wildman–Crippen LogP) is 12.5. The van der Waals surface area contributed by atoms with Crippen molar-refractivity contribution in [1.82, 2.24) is 10.6 Å². The van der Waals surface area contributed by atoms with Gasteiger partial charge in [-0.1, -0.05) is 114 Å². The summed E-state index contributed by atoms with van der Waals surface area (Å²) in [5.74, 6) is -0.718. The fourth-order valence-electron chi connectivity index (χ4n) is 5.22. The molecule has 4 N–H and O–H groups in total. The van der Waals surface area contributed by atoms with E-state index in [4.69, 9.17) is 28.4 Å². The molecule has 10 nitrogen and oxygen atoms in total. The third kappa shape index (κ3) is 20.1. The molecule has 0 spiro atoms. The fourth-order valence-corrected chi connectivity index (χ4v) is 7.55. The first-order valence-corrected chi connectivity index (χ1v) is 28.7. The Kier molecular flexibility index (Phi) is 21.5. The van der Waals surface area contributed by atoms with Crippen molar-refractivity contribution in [3.8, 4) is 11.1 Å².